The molecule has 0 atom stereocenters. The van der Waals surface area contributed by atoms with Crippen molar-refractivity contribution in [1.82, 2.24) is 4.90 Å². The lowest BCUT2D eigenvalue weighted by atomic mass is 10.0. The molecule has 4 rings (SSSR count). The summed E-state index contributed by atoms with van der Waals surface area (Å²) in [5.74, 6) is -0.275. The Morgan fingerprint density at radius 3 is 2.16 bits per heavy atom. The van der Waals surface area contributed by atoms with E-state index in [0.717, 1.165) is 28.8 Å². The van der Waals surface area contributed by atoms with Gasteiger partial charge >= 0.3 is 0 Å². The van der Waals surface area contributed by atoms with Gasteiger partial charge in [0.25, 0.3) is 16.0 Å². The molecule has 0 heterocycles. The SMILES string of the molecule is Cc1ccc(S(=O)(=O)OCNc2ccc(-c3ccccc3)cc2NC(=O)c2ccc(CN(C)C)cc2)cc1. The van der Waals surface area contributed by atoms with Crippen molar-refractivity contribution in [3.63, 3.8) is 0 Å². The highest BCUT2D eigenvalue weighted by atomic mass is 32.2. The molecule has 0 aliphatic carbocycles. The summed E-state index contributed by atoms with van der Waals surface area (Å²) in [5, 5.41) is 5.96. The minimum absolute atomic E-state index is 0.0792. The molecule has 0 aromatic heterocycles. The predicted octanol–water partition coefficient (Wildman–Crippen LogP) is 5.75. The highest BCUT2D eigenvalue weighted by Gasteiger charge is 2.16. The fourth-order valence-electron chi connectivity index (χ4n) is 3.89. The Morgan fingerprint density at radius 2 is 1.50 bits per heavy atom. The molecule has 0 fully saturated rings. The van der Waals surface area contributed by atoms with Crippen LogP contribution in [0.15, 0.2) is 102 Å². The molecule has 4 aromatic rings. The second-order valence-electron chi connectivity index (χ2n) is 9.22. The van der Waals surface area contributed by atoms with Crippen LogP contribution in [0.3, 0.4) is 0 Å². The number of carbonyl (C=O) groups excluding carboxylic acids is 1. The Labute approximate surface area is 224 Å². The first-order chi connectivity index (χ1) is 18.2. The molecule has 0 saturated heterocycles. The number of rotatable bonds is 10. The second-order valence-corrected chi connectivity index (χ2v) is 10.8. The molecule has 0 radical (unpaired) electrons. The average molecular weight is 530 g/mol. The summed E-state index contributed by atoms with van der Waals surface area (Å²) in [4.78, 5) is 15.3. The lowest BCUT2D eigenvalue weighted by molar-refractivity contribution is 0.102. The van der Waals surface area contributed by atoms with Gasteiger partial charge in [0.1, 0.15) is 6.73 Å². The number of amides is 1. The lowest BCUT2D eigenvalue weighted by Crippen LogP contribution is -2.17. The molecule has 0 aliphatic heterocycles. The zero-order chi connectivity index (χ0) is 27.1. The Morgan fingerprint density at radius 1 is 0.816 bits per heavy atom. The first kappa shape index (κ1) is 27.1. The minimum Gasteiger partial charge on any atom is -0.360 e. The van der Waals surface area contributed by atoms with E-state index < -0.39 is 10.1 Å². The monoisotopic (exact) mass is 529 g/mol. The van der Waals surface area contributed by atoms with E-state index in [2.05, 4.69) is 15.5 Å². The zero-order valence-corrected chi connectivity index (χ0v) is 22.5. The summed E-state index contributed by atoms with van der Waals surface area (Å²) >= 11 is 0. The molecule has 38 heavy (non-hydrogen) atoms. The first-order valence-electron chi connectivity index (χ1n) is 12.2. The van der Waals surface area contributed by atoms with E-state index in [4.69, 9.17) is 4.18 Å². The molecule has 0 aliphatic rings. The van der Waals surface area contributed by atoms with Crippen LogP contribution < -0.4 is 10.6 Å². The fraction of sp³-hybridized carbons (Fsp3) is 0.167. The number of nitrogens with zero attached hydrogens (tertiary/aromatic N) is 1. The van der Waals surface area contributed by atoms with E-state index in [9.17, 15) is 13.2 Å². The normalized spacial score (nSPS) is 11.4. The van der Waals surface area contributed by atoms with E-state index in [1.54, 1.807) is 30.3 Å². The molecular weight excluding hydrogens is 498 g/mol. The van der Waals surface area contributed by atoms with Crippen molar-refractivity contribution in [3.8, 4) is 11.1 Å². The van der Waals surface area contributed by atoms with Gasteiger partial charge < -0.3 is 15.5 Å². The summed E-state index contributed by atoms with van der Waals surface area (Å²) in [6.45, 7) is 2.36. The number of hydrogen-bond donors (Lipinski definition) is 2. The standard InChI is InChI=1S/C30H31N3O4S/c1-22-9-16-27(17-10-22)38(35,36)37-21-31-28-18-15-26(24-7-5-4-6-8-24)19-29(28)32-30(34)25-13-11-23(12-14-25)20-33(2)3/h4-19,31H,20-21H2,1-3H3,(H,32,34). The van der Waals surface area contributed by atoms with Crippen LogP contribution in [0.4, 0.5) is 11.4 Å². The van der Waals surface area contributed by atoms with E-state index in [1.807, 2.05) is 75.6 Å². The highest BCUT2D eigenvalue weighted by Crippen LogP contribution is 2.30. The van der Waals surface area contributed by atoms with Crippen molar-refractivity contribution in [2.45, 2.75) is 18.4 Å². The number of aryl methyl sites for hydroxylation is 1. The van der Waals surface area contributed by atoms with Crippen LogP contribution in [0.25, 0.3) is 11.1 Å². The quantitative estimate of drug-likeness (QED) is 0.201. The number of anilines is 2. The Balaban J connectivity index is 1.54. The Bertz CT molecular complexity index is 1490. The van der Waals surface area contributed by atoms with Gasteiger partial charge in [-0.1, -0.05) is 66.2 Å². The van der Waals surface area contributed by atoms with Gasteiger partial charge in [-0.15, -0.1) is 0 Å². The Hall–Kier alpha value is -3.98. The van der Waals surface area contributed by atoms with Crippen molar-refractivity contribution in [2.24, 2.45) is 0 Å². The van der Waals surface area contributed by atoms with E-state index in [0.29, 0.717) is 16.9 Å². The van der Waals surface area contributed by atoms with E-state index in [1.165, 1.54) is 12.1 Å². The van der Waals surface area contributed by atoms with Gasteiger partial charge in [-0.2, -0.15) is 8.42 Å². The van der Waals surface area contributed by atoms with Gasteiger partial charge in [0, 0.05) is 12.1 Å². The van der Waals surface area contributed by atoms with Gasteiger partial charge in [0.2, 0.25) is 0 Å². The topological polar surface area (TPSA) is 87.7 Å². The van der Waals surface area contributed by atoms with Crippen molar-refractivity contribution >= 4 is 27.4 Å². The van der Waals surface area contributed by atoms with Crippen molar-refractivity contribution in [3.05, 3.63) is 114 Å². The first-order valence-corrected chi connectivity index (χ1v) is 13.6. The van der Waals surface area contributed by atoms with Crippen LogP contribution in [0.1, 0.15) is 21.5 Å². The Kier molecular flexibility index (Phi) is 8.58. The minimum atomic E-state index is -3.94. The molecule has 2 N–H and O–H groups in total. The summed E-state index contributed by atoms with van der Waals surface area (Å²) in [7, 11) is 0.0380. The van der Waals surface area contributed by atoms with Gasteiger partial charge in [0.05, 0.1) is 16.3 Å². The lowest BCUT2D eigenvalue weighted by Gasteiger charge is -2.16. The predicted molar refractivity (Wildman–Crippen MR) is 152 cm³/mol. The largest absolute Gasteiger partial charge is 0.360 e. The number of carbonyl (C=O) groups is 1. The third kappa shape index (κ3) is 7.07. The maximum atomic E-state index is 13.1. The maximum Gasteiger partial charge on any atom is 0.298 e. The van der Waals surface area contributed by atoms with Crippen LogP contribution >= 0.6 is 0 Å². The second kappa shape index (κ2) is 12.0. The van der Waals surface area contributed by atoms with Crippen LogP contribution in [-0.2, 0) is 20.8 Å². The smallest absolute Gasteiger partial charge is 0.298 e. The van der Waals surface area contributed by atoms with Gasteiger partial charge in [-0.05, 0) is 74.1 Å². The molecule has 4 aromatic carbocycles. The summed E-state index contributed by atoms with van der Waals surface area (Å²) in [5.41, 5.74) is 5.50. The molecule has 0 bridgehead atoms. The molecule has 0 spiro atoms. The summed E-state index contributed by atoms with van der Waals surface area (Å²) in [6.07, 6.45) is 0. The third-order valence-corrected chi connectivity index (χ3v) is 7.15. The molecule has 7 nitrogen and oxygen atoms in total. The third-order valence-electron chi connectivity index (χ3n) is 5.88. The van der Waals surface area contributed by atoms with Crippen LogP contribution in [0, 0.1) is 6.92 Å². The molecule has 0 saturated carbocycles. The maximum absolute atomic E-state index is 13.1. The van der Waals surface area contributed by atoms with Crippen molar-refractivity contribution in [2.75, 3.05) is 31.5 Å². The number of benzene rings is 4. The molecule has 1 amide bonds. The zero-order valence-electron chi connectivity index (χ0n) is 21.6. The number of nitrogens with one attached hydrogen (secondary N) is 2. The van der Waals surface area contributed by atoms with Crippen molar-refractivity contribution < 1.29 is 17.4 Å². The summed E-state index contributed by atoms with van der Waals surface area (Å²) in [6, 6.07) is 29.2. The van der Waals surface area contributed by atoms with Gasteiger partial charge in [-0.25, -0.2) is 4.18 Å². The van der Waals surface area contributed by atoms with Crippen LogP contribution in [0.5, 0.6) is 0 Å². The number of hydrogen-bond acceptors (Lipinski definition) is 6. The molecular formula is C30H31N3O4S. The highest BCUT2D eigenvalue weighted by molar-refractivity contribution is 7.86. The molecule has 8 heteroatoms. The molecule has 0 unspecified atom stereocenters. The van der Waals surface area contributed by atoms with Crippen LogP contribution in [0.2, 0.25) is 0 Å². The summed E-state index contributed by atoms with van der Waals surface area (Å²) < 4.78 is 30.4. The van der Waals surface area contributed by atoms with E-state index in [-0.39, 0.29) is 17.5 Å². The molecule has 196 valence electrons. The van der Waals surface area contributed by atoms with Crippen LogP contribution in [-0.4, -0.2) is 40.1 Å². The van der Waals surface area contributed by atoms with Crippen molar-refractivity contribution in [1.29, 1.82) is 0 Å². The van der Waals surface area contributed by atoms with Gasteiger partial charge in [-0.3, -0.25) is 4.79 Å². The van der Waals surface area contributed by atoms with Gasteiger partial charge in [0.15, 0.2) is 0 Å². The average Bonchev–Trinajstić information content (AvgIpc) is 2.90. The van der Waals surface area contributed by atoms with E-state index >= 15 is 0 Å². The fourth-order valence-corrected chi connectivity index (χ4v) is 4.71.